The molecule has 0 bridgehead atoms. The summed E-state index contributed by atoms with van der Waals surface area (Å²) >= 11 is 1.56. The summed E-state index contributed by atoms with van der Waals surface area (Å²) in [5.74, 6) is -0.0663. The molecular weight excluding hydrogens is 478 g/mol. The van der Waals surface area contributed by atoms with Crippen LogP contribution in [0.25, 0.3) is 0 Å². The molecule has 0 saturated carbocycles. The van der Waals surface area contributed by atoms with E-state index in [0.29, 0.717) is 30.7 Å². The maximum Gasteiger partial charge on any atom is 0.408 e. The Balaban J connectivity index is 3.55. The number of thioether (sulfide) groups is 1. The van der Waals surface area contributed by atoms with Crippen LogP contribution in [0.3, 0.4) is 0 Å². The highest BCUT2D eigenvalue weighted by Gasteiger charge is 2.43. The molecule has 0 aromatic heterocycles. The molecule has 0 fully saturated rings. The number of unbranched alkanes of at least 4 members (excludes halogenated alkanes) is 1. The van der Waals surface area contributed by atoms with Crippen LogP contribution in [0, 0.1) is 0 Å². The molecule has 9 heteroatoms. The van der Waals surface area contributed by atoms with Gasteiger partial charge in [-0.3, -0.25) is 9.59 Å². The lowest BCUT2D eigenvalue weighted by Crippen LogP contribution is -2.59. The molecule has 2 atom stereocenters. The monoisotopic (exact) mass is 523 g/mol. The second kappa shape index (κ2) is 14.4. The van der Waals surface area contributed by atoms with Gasteiger partial charge in [0.1, 0.15) is 23.4 Å². The first-order chi connectivity index (χ1) is 16.8. The minimum atomic E-state index is -0.992. The smallest absolute Gasteiger partial charge is 0.408 e. The van der Waals surface area contributed by atoms with Gasteiger partial charge in [0.2, 0.25) is 11.8 Å². The second-order valence-electron chi connectivity index (χ2n) is 10.5. The highest BCUT2D eigenvalue weighted by Crippen LogP contribution is 2.33. The number of hydrogen-bond acceptors (Lipinski definition) is 6. The second-order valence-corrected chi connectivity index (χ2v) is 11.5. The molecule has 1 aromatic rings. The van der Waals surface area contributed by atoms with E-state index < -0.39 is 29.3 Å². The van der Waals surface area contributed by atoms with Gasteiger partial charge in [-0.25, -0.2) is 4.79 Å². The van der Waals surface area contributed by atoms with Gasteiger partial charge in [0.15, 0.2) is 0 Å². The summed E-state index contributed by atoms with van der Waals surface area (Å²) in [4.78, 5) is 42.0. The zero-order chi connectivity index (χ0) is 27.5. The first-order valence-corrected chi connectivity index (χ1v) is 14.0. The number of carbonyl (C=O) groups is 3. The van der Waals surface area contributed by atoms with Gasteiger partial charge in [0, 0.05) is 12.1 Å². The Hall–Kier alpha value is -2.42. The summed E-state index contributed by atoms with van der Waals surface area (Å²) in [7, 11) is 0. The lowest BCUT2D eigenvalue weighted by atomic mass is 9.91. The average molecular weight is 524 g/mol. The van der Waals surface area contributed by atoms with Crippen molar-refractivity contribution in [3.05, 3.63) is 29.8 Å². The Morgan fingerprint density at radius 3 is 2.33 bits per heavy atom. The van der Waals surface area contributed by atoms with E-state index in [4.69, 9.17) is 4.74 Å². The quantitative estimate of drug-likeness (QED) is 0.314. The van der Waals surface area contributed by atoms with E-state index in [1.165, 1.54) is 12.1 Å². The average Bonchev–Trinajstić information content (AvgIpc) is 2.78. The Morgan fingerprint density at radius 2 is 1.81 bits per heavy atom. The number of aromatic hydroxyl groups is 1. The minimum absolute atomic E-state index is 0.00590. The van der Waals surface area contributed by atoms with Gasteiger partial charge < -0.3 is 25.4 Å². The lowest BCUT2D eigenvalue weighted by molar-refractivity contribution is -0.149. The normalized spacial score (nSPS) is 13.4. The van der Waals surface area contributed by atoms with Crippen molar-refractivity contribution in [3.8, 4) is 5.75 Å². The number of ether oxygens (including phenoxy) is 1. The van der Waals surface area contributed by atoms with Gasteiger partial charge in [-0.2, -0.15) is 11.8 Å². The zero-order valence-corrected chi connectivity index (χ0v) is 24.0. The van der Waals surface area contributed by atoms with Gasteiger partial charge >= 0.3 is 6.09 Å². The molecule has 1 aromatic carbocycles. The molecular formula is C27H45N3O5S. The number of hydrogen-bond donors (Lipinski definition) is 3. The molecule has 0 heterocycles. The van der Waals surface area contributed by atoms with Crippen LogP contribution in [0.15, 0.2) is 24.3 Å². The molecule has 0 aliphatic rings. The summed E-state index contributed by atoms with van der Waals surface area (Å²) in [5.41, 5.74) is -0.953. The Labute approximate surface area is 220 Å². The third-order valence-corrected chi connectivity index (χ3v) is 6.52. The summed E-state index contributed by atoms with van der Waals surface area (Å²) < 4.78 is 5.42. The third kappa shape index (κ3) is 9.91. The first kappa shape index (κ1) is 31.6. The van der Waals surface area contributed by atoms with Crippen molar-refractivity contribution < 1.29 is 24.2 Å². The number of phenols is 1. The Bertz CT molecular complexity index is 869. The maximum absolute atomic E-state index is 14.2. The molecule has 0 radical (unpaired) electrons. The highest BCUT2D eigenvalue weighted by atomic mass is 32.2. The summed E-state index contributed by atoms with van der Waals surface area (Å²) in [5, 5.41) is 15.9. The van der Waals surface area contributed by atoms with Gasteiger partial charge in [-0.15, -0.1) is 0 Å². The largest absolute Gasteiger partial charge is 0.508 e. The molecule has 0 saturated heterocycles. The van der Waals surface area contributed by atoms with E-state index in [-0.39, 0.29) is 17.6 Å². The zero-order valence-electron chi connectivity index (χ0n) is 23.1. The van der Waals surface area contributed by atoms with Gasteiger partial charge in [0.25, 0.3) is 0 Å². The highest BCUT2D eigenvalue weighted by molar-refractivity contribution is 7.98. The van der Waals surface area contributed by atoms with Gasteiger partial charge in [0.05, 0.1) is 0 Å². The van der Waals surface area contributed by atoms with Crippen LogP contribution in [-0.2, 0) is 14.3 Å². The number of benzene rings is 1. The summed E-state index contributed by atoms with van der Waals surface area (Å²) in [6, 6.07) is 4.54. The minimum Gasteiger partial charge on any atom is -0.508 e. The van der Waals surface area contributed by atoms with Crippen molar-refractivity contribution in [3.63, 3.8) is 0 Å². The number of phenolic OH excluding ortho intramolecular Hbond substituents is 1. The predicted molar refractivity (Wildman–Crippen MR) is 146 cm³/mol. The van der Waals surface area contributed by atoms with E-state index in [1.807, 2.05) is 34.0 Å². The van der Waals surface area contributed by atoms with E-state index in [9.17, 15) is 19.5 Å². The molecule has 0 aliphatic carbocycles. The fraction of sp³-hybridized carbons (Fsp3) is 0.667. The van der Waals surface area contributed by atoms with Crippen LogP contribution in [0.1, 0.15) is 85.8 Å². The van der Waals surface area contributed by atoms with Crippen molar-refractivity contribution in [2.75, 3.05) is 18.6 Å². The molecule has 2 unspecified atom stereocenters. The van der Waals surface area contributed by atoms with E-state index >= 15 is 0 Å². The van der Waals surface area contributed by atoms with E-state index in [0.717, 1.165) is 12.8 Å². The maximum atomic E-state index is 14.2. The molecule has 1 rings (SSSR count). The van der Waals surface area contributed by atoms with E-state index in [2.05, 4.69) is 10.6 Å². The van der Waals surface area contributed by atoms with Crippen molar-refractivity contribution in [1.29, 1.82) is 0 Å². The van der Waals surface area contributed by atoms with Gasteiger partial charge in [-0.05, 0) is 83.6 Å². The molecule has 0 spiro atoms. The Morgan fingerprint density at radius 1 is 1.14 bits per heavy atom. The first-order valence-electron chi connectivity index (χ1n) is 12.7. The number of amides is 3. The fourth-order valence-electron chi connectivity index (χ4n) is 3.65. The van der Waals surface area contributed by atoms with Crippen LogP contribution in [-0.4, -0.2) is 63.6 Å². The lowest BCUT2D eigenvalue weighted by Gasteiger charge is -2.44. The number of nitrogens with zero attached hydrogens (tertiary/aromatic N) is 1. The van der Waals surface area contributed by atoms with Crippen LogP contribution in [0.5, 0.6) is 5.75 Å². The topological polar surface area (TPSA) is 108 Å². The van der Waals surface area contributed by atoms with Crippen molar-refractivity contribution in [2.24, 2.45) is 0 Å². The fourth-order valence-corrected chi connectivity index (χ4v) is 4.13. The van der Waals surface area contributed by atoms with Crippen molar-refractivity contribution in [1.82, 2.24) is 15.5 Å². The van der Waals surface area contributed by atoms with Crippen LogP contribution < -0.4 is 10.6 Å². The number of alkyl carbamates (subject to hydrolysis) is 1. The number of carbonyl (C=O) groups excluding carboxylic acids is 3. The number of nitrogens with one attached hydrogen (secondary N) is 2. The van der Waals surface area contributed by atoms with E-state index in [1.54, 1.807) is 49.6 Å². The standard InChI is InChI=1S/C27H45N3O5S/c1-9-11-16-28-23(32)22(19-13-12-14-20(31)18-19)30(27(6,7)10-2)24(33)21(15-17-36-8)29-25(34)35-26(3,4)5/h12-14,18,21-22,31H,9-11,15-17H2,1-8H3,(H,28,32)(H,29,34). The Kier molecular flexibility index (Phi) is 12.6. The summed E-state index contributed by atoms with van der Waals surface area (Å²) in [6.45, 7) is 13.5. The number of rotatable bonds is 13. The molecule has 3 N–H and O–H groups in total. The molecule has 0 aliphatic heterocycles. The predicted octanol–water partition coefficient (Wildman–Crippen LogP) is 5.01. The molecule has 204 valence electrons. The van der Waals surface area contributed by atoms with Gasteiger partial charge in [-0.1, -0.05) is 32.4 Å². The van der Waals surface area contributed by atoms with Crippen molar-refractivity contribution in [2.45, 2.75) is 97.4 Å². The summed E-state index contributed by atoms with van der Waals surface area (Å²) in [6.07, 6.45) is 3.91. The molecule has 36 heavy (non-hydrogen) atoms. The van der Waals surface area contributed by atoms with Crippen LogP contribution in [0.2, 0.25) is 0 Å². The molecule has 3 amide bonds. The van der Waals surface area contributed by atoms with Crippen LogP contribution in [0.4, 0.5) is 4.79 Å². The third-order valence-electron chi connectivity index (χ3n) is 5.88. The molecule has 8 nitrogen and oxygen atoms in total. The van der Waals surface area contributed by atoms with Crippen molar-refractivity contribution >= 4 is 29.7 Å². The SMILES string of the molecule is CCCCNC(=O)C(c1cccc(O)c1)N(C(=O)C(CCSC)NC(=O)OC(C)(C)C)C(C)(C)CC. The van der Waals surface area contributed by atoms with Crippen LogP contribution >= 0.6 is 11.8 Å².